The number of aromatic nitrogens is 3. The molecule has 0 aliphatic carbocycles. The average Bonchev–Trinajstić information content (AvgIpc) is 3.37. The Bertz CT molecular complexity index is 1850. The van der Waals surface area contributed by atoms with E-state index in [1.165, 1.54) is 21.4 Å². The molecular weight excluding hydrogens is 689 g/mol. The molecule has 0 bridgehead atoms. The zero-order valence-corrected chi connectivity index (χ0v) is 29.0. The van der Waals surface area contributed by atoms with Crippen LogP contribution in [-0.4, -0.2) is 32.0 Å². The van der Waals surface area contributed by atoms with Gasteiger partial charge in [0, 0.05) is 16.4 Å². The van der Waals surface area contributed by atoms with Gasteiger partial charge < -0.3 is 9.84 Å². The number of ether oxygens (including phenoxy) is 1. The van der Waals surface area contributed by atoms with Crippen molar-refractivity contribution < 1.29 is 14.6 Å². The van der Waals surface area contributed by atoms with E-state index in [0.717, 1.165) is 45.6 Å². The molecule has 0 saturated heterocycles. The Morgan fingerprint density at radius 2 is 1.48 bits per heavy atom. The molecule has 1 aromatic heterocycles. The SMILES string of the molecule is CCOc1ccc(-c2ccc(CCCc3nn(-c4ccc(CI)cc4)c(=O)n3-c3ccc(C(C)(C)C)cc3)cc2)cc1CC(=O)O. The normalized spacial score (nSPS) is 11.5. The predicted molar refractivity (Wildman–Crippen MR) is 192 cm³/mol. The smallest absolute Gasteiger partial charge is 0.355 e. The number of carboxylic acids is 1. The van der Waals surface area contributed by atoms with Crippen molar-refractivity contribution in [2.45, 2.75) is 63.2 Å². The zero-order valence-electron chi connectivity index (χ0n) is 26.8. The molecular formula is C38H40IN3O4. The number of aryl methyl sites for hydroxylation is 2. The van der Waals surface area contributed by atoms with E-state index < -0.39 is 5.97 Å². The minimum Gasteiger partial charge on any atom is -0.494 e. The largest absolute Gasteiger partial charge is 0.494 e. The molecule has 0 atom stereocenters. The van der Waals surface area contributed by atoms with Crippen LogP contribution in [0.2, 0.25) is 0 Å². The summed E-state index contributed by atoms with van der Waals surface area (Å²) in [7, 11) is 0. The van der Waals surface area contributed by atoms with E-state index in [4.69, 9.17) is 9.84 Å². The highest BCUT2D eigenvalue weighted by Gasteiger charge is 2.18. The molecule has 0 aliphatic heterocycles. The highest BCUT2D eigenvalue weighted by Crippen LogP contribution is 2.28. The fourth-order valence-electron chi connectivity index (χ4n) is 5.51. The van der Waals surface area contributed by atoms with Crippen molar-refractivity contribution in [3.63, 3.8) is 0 Å². The molecule has 0 spiro atoms. The summed E-state index contributed by atoms with van der Waals surface area (Å²) in [6, 6.07) is 30.2. The molecule has 0 radical (unpaired) electrons. The van der Waals surface area contributed by atoms with Gasteiger partial charge in [-0.1, -0.05) is 98.0 Å². The van der Waals surface area contributed by atoms with Gasteiger partial charge in [-0.3, -0.25) is 4.79 Å². The maximum absolute atomic E-state index is 13.8. The lowest BCUT2D eigenvalue weighted by Gasteiger charge is -2.19. The Morgan fingerprint density at radius 1 is 0.848 bits per heavy atom. The maximum atomic E-state index is 13.8. The summed E-state index contributed by atoms with van der Waals surface area (Å²) in [5.74, 6) is 0.442. The first kappa shape index (κ1) is 33.2. The lowest BCUT2D eigenvalue weighted by atomic mass is 9.87. The van der Waals surface area contributed by atoms with E-state index in [2.05, 4.69) is 79.8 Å². The van der Waals surface area contributed by atoms with E-state index in [1.807, 2.05) is 61.5 Å². The lowest BCUT2D eigenvalue weighted by molar-refractivity contribution is -0.136. The second-order valence-corrected chi connectivity index (χ2v) is 13.2. The molecule has 8 heteroatoms. The Morgan fingerprint density at radius 3 is 2.09 bits per heavy atom. The van der Waals surface area contributed by atoms with Gasteiger partial charge in [0.15, 0.2) is 0 Å². The van der Waals surface area contributed by atoms with Gasteiger partial charge in [0.25, 0.3) is 0 Å². The van der Waals surface area contributed by atoms with Crippen molar-refractivity contribution in [2.24, 2.45) is 0 Å². The van der Waals surface area contributed by atoms with Crippen molar-refractivity contribution in [3.05, 3.63) is 130 Å². The molecule has 46 heavy (non-hydrogen) atoms. The molecule has 0 aliphatic rings. The zero-order chi connectivity index (χ0) is 32.8. The summed E-state index contributed by atoms with van der Waals surface area (Å²) >= 11 is 2.33. The van der Waals surface area contributed by atoms with Crippen LogP contribution in [0, 0.1) is 0 Å². The van der Waals surface area contributed by atoms with Crippen LogP contribution in [0.25, 0.3) is 22.5 Å². The Balaban J connectivity index is 1.36. The second-order valence-electron chi connectivity index (χ2n) is 12.4. The van der Waals surface area contributed by atoms with Crippen LogP contribution in [0.3, 0.4) is 0 Å². The summed E-state index contributed by atoms with van der Waals surface area (Å²) in [4.78, 5) is 25.2. The highest BCUT2D eigenvalue weighted by atomic mass is 127. The number of hydrogen-bond acceptors (Lipinski definition) is 4. The van der Waals surface area contributed by atoms with Crippen molar-refractivity contribution in [3.8, 4) is 28.3 Å². The average molecular weight is 730 g/mol. The summed E-state index contributed by atoms with van der Waals surface area (Å²) in [5.41, 5.74) is 7.61. The summed E-state index contributed by atoms with van der Waals surface area (Å²) in [5, 5.41) is 14.2. The summed E-state index contributed by atoms with van der Waals surface area (Å²) < 4.78 is 9.78. The number of nitrogens with zero attached hydrogens (tertiary/aromatic N) is 3. The standard InChI is InChI=1S/C38H40IN3O4/c1-5-46-34-22-15-29(23-30(34)24-36(43)44)28-13-9-26(10-14-28)7-6-8-35-40-42(33-18-11-27(25-39)12-19-33)37(45)41(35)32-20-16-31(17-21-32)38(2,3)4/h9-23H,5-8,24-25H2,1-4H3,(H,43,44). The van der Waals surface area contributed by atoms with Crippen molar-refractivity contribution in [2.75, 3.05) is 6.61 Å². The van der Waals surface area contributed by atoms with E-state index in [-0.39, 0.29) is 17.5 Å². The quantitative estimate of drug-likeness (QED) is 0.104. The fourth-order valence-corrected chi connectivity index (χ4v) is 6.01. The molecule has 5 aromatic rings. The third-order valence-corrected chi connectivity index (χ3v) is 8.91. The van der Waals surface area contributed by atoms with Crippen molar-refractivity contribution in [1.82, 2.24) is 14.3 Å². The van der Waals surface area contributed by atoms with Crippen molar-refractivity contribution in [1.29, 1.82) is 0 Å². The predicted octanol–water partition coefficient (Wildman–Crippen LogP) is 8.12. The number of benzene rings is 4. The topological polar surface area (TPSA) is 86.4 Å². The minimum absolute atomic E-state index is 0.0140. The summed E-state index contributed by atoms with van der Waals surface area (Å²) in [6.45, 7) is 8.90. The first-order chi connectivity index (χ1) is 22.1. The maximum Gasteiger partial charge on any atom is 0.355 e. The van der Waals surface area contributed by atoms with Gasteiger partial charge in [-0.15, -0.1) is 5.10 Å². The van der Waals surface area contributed by atoms with Gasteiger partial charge in [0.2, 0.25) is 0 Å². The van der Waals surface area contributed by atoms with Gasteiger partial charge in [-0.2, -0.15) is 4.68 Å². The lowest BCUT2D eigenvalue weighted by Crippen LogP contribution is -2.23. The van der Waals surface area contributed by atoms with Gasteiger partial charge >= 0.3 is 11.7 Å². The van der Waals surface area contributed by atoms with Crippen LogP contribution >= 0.6 is 22.6 Å². The number of carboxylic acid groups (broad SMARTS) is 1. The highest BCUT2D eigenvalue weighted by molar-refractivity contribution is 14.1. The van der Waals surface area contributed by atoms with Crippen LogP contribution < -0.4 is 10.4 Å². The molecule has 0 amide bonds. The monoisotopic (exact) mass is 729 g/mol. The molecule has 1 heterocycles. The number of carbonyl (C=O) groups is 1. The van der Waals surface area contributed by atoms with Gasteiger partial charge in [0.1, 0.15) is 11.6 Å². The molecule has 0 unspecified atom stereocenters. The Labute approximate surface area is 284 Å². The van der Waals surface area contributed by atoms with E-state index in [1.54, 1.807) is 4.57 Å². The van der Waals surface area contributed by atoms with E-state index in [9.17, 15) is 14.7 Å². The van der Waals surface area contributed by atoms with Gasteiger partial charge in [0.05, 0.1) is 24.4 Å². The number of alkyl halides is 1. The van der Waals surface area contributed by atoms with Crippen LogP contribution in [0.4, 0.5) is 0 Å². The van der Waals surface area contributed by atoms with Crippen LogP contribution in [0.1, 0.15) is 62.2 Å². The van der Waals surface area contributed by atoms with Gasteiger partial charge in [-0.05, 0) is 89.4 Å². The van der Waals surface area contributed by atoms with Gasteiger partial charge in [-0.25, -0.2) is 9.36 Å². The number of rotatable bonds is 12. The van der Waals surface area contributed by atoms with Crippen LogP contribution in [0.5, 0.6) is 5.75 Å². The van der Waals surface area contributed by atoms with E-state index >= 15 is 0 Å². The fraction of sp³-hybridized carbons (Fsp3) is 0.289. The molecule has 0 fully saturated rings. The molecule has 5 rings (SSSR count). The molecule has 7 nitrogen and oxygen atoms in total. The number of aliphatic carboxylic acids is 1. The van der Waals surface area contributed by atoms with Crippen LogP contribution in [0.15, 0.2) is 95.8 Å². The molecule has 0 saturated carbocycles. The Hall–Kier alpha value is -4.18. The third-order valence-electron chi connectivity index (χ3n) is 8.03. The second kappa shape index (κ2) is 14.5. The first-order valence-corrected chi connectivity index (χ1v) is 17.1. The van der Waals surface area contributed by atoms with E-state index in [0.29, 0.717) is 24.3 Å². The molecule has 238 valence electrons. The Kier molecular flexibility index (Phi) is 10.5. The number of hydrogen-bond donors (Lipinski definition) is 1. The van der Waals surface area contributed by atoms with Crippen molar-refractivity contribution >= 4 is 28.6 Å². The molecule has 1 N–H and O–H groups in total. The summed E-state index contributed by atoms with van der Waals surface area (Å²) in [6.07, 6.45) is 2.18. The minimum atomic E-state index is -0.889. The first-order valence-electron chi connectivity index (χ1n) is 15.6. The third kappa shape index (κ3) is 7.78. The molecule has 4 aromatic carbocycles. The number of halogens is 1. The van der Waals surface area contributed by atoms with Crippen LogP contribution in [-0.2, 0) is 33.9 Å².